The van der Waals surface area contributed by atoms with Crippen molar-refractivity contribution in [2.75, 3.05) is 32.8 Å². The molecule has 0 spiro atoms. The number of quaternary nitrogens is 1. The first-order valence-corrected chi connectivity index (χ1v) is 6.71. The van der Waals surface area contributed by atoms with Gasteiger partial charge in [0.15, 0.2) is 12.1 Å². The van der Waals surface area contributed by atoms with E-state index in [2.05, 4.69) is 4.74 Å². The third kappa shape index (κ3) is 4.07. The number of nitrogens with one attached hydrogen (secondary N) is 1. The number of halogens is 6. The smallest absolute Gasteiger partial charge is 0.430 e. The van der Waals surface area contributed by atoms with Gasteiger partial charge in [0.25, 0.3) is 5.60 Å². The maximum Gasteiger partial charge on any atom is 0.430 e. The van der Waals surface area contributed by atoms with Gasteiger partial charge in [-0.1, -0.05) is 0 Å². The highest BCUT2D eigenvalue weighted by atomic mass is 19.4. The zero-order chi connectivity index (χ0) is 18.1. The first kappa shape index (κ1) is 20.0. The van der Waals surface area contributed by atoms with Crippen molar-refractivity contribution in [1.82, 2.24) is 0 Å². The van der Waals surface area contributed by atoms with Crippen LogP contribution in [-0.4, -0.2) is 67.5 Å². The van der Waals surface area contributed by atoms with Crippen LogP contribution in [0.4, 0.5) is 26.3 Å². The van der Waals surface area contributed by atoms with Gasteiger partial charge < -0.3 is 19.5 Å². The lowest BCUT2D eigenvalue weighted by atomic mass is 9.84. The molecule has 0 bridgehead atoms. The van der Waals surface area contributed by atoms with E-state index in [1.807, 2.05) is 0 Å². The van der Waals surface area contributed by atoms with Crippen molar-refractivity contribution in [3.63, 3.8) is 0 Å². The molecule has 23 heavy (non-hydrogen) atoms. The average Bonchev–Trinajstić information content (AvgIpc) is 2.35. The summed E-state index contributed by atoms with van der Waals surface area (Å²) in [7, 11) is 0. The molecule has 0 amide bonds. The van der Waals surface area contributed by atoms with Gasteiger partial charge in [0.1, 0.15) is 13.1 Å². The molecule has 11 heteroatoms. The lowest BCUT2D eigenvalue weighted by Crippen LogP contribution is -3.15. The monoisotopic (exact) mass is 354 g/mol. The number of carbonyl (C=O) groups excluding carboxylic acids is 1. The van der Waals surface area contributed by atoms with Gasteiger partial charge in [0.05, 0.1) is 13.2 Å². The van der Waals surface area contributed by atoms with Crippen LogP contribution in [0.2, 0.25) is 0 Å². The van der Waals surface area contributed by atoms with Gasteiger partial charge in [-0.15, -0.1) is 0 Å². The molecule has 5 nitrogen and oxygen atoms in total. The molecule has 0 aromatic heterocycles. The largest absolute Gasteiger partial charge is 0.452 e. The van der Waals surface area contributed by atoms with Gasteiger partial charge in [-0.05, 0) is 13.8 Å². The van der Waals surface area contributed by atoms with Gasteiger partial charge in [-0.2, -0.15) is 26.3 Å². The fraction of sp³-hybridized carbons (Fsp3) is 0.917. The van der Waals surface area contributed by atoms with Gasteiger partial charge >= 0.3 is 18.3 Å². The molecular formula is C12H18F6NO4+. The van der Waals surface area contributed by atoms with Crippen LogP contribution in [0.15, 0.2) is 0 Å². The number of alkyl halides is 6. The lowest BCUT2D eigenvalue weighted by molar-refractivity contribution is -0.900. The Morgan fingerprint density at radius 2 is 1.52 bits per heavy atom. The van der Waals surface area contributed by atoms with E-state index in [-0.39, 0.29) is 0 Å². The minimum absolute atomic E-state index is 0.320. The van der Waals surface area contributed by atoms with E-state index in [1.165, 1.54) is 0 Å². The molecule has 0 aromatic carbocycles. The van der Waals surface area contributed by atoms with Crippen LogP contribution in [0.5, 0.6) is 0 Å². The first-order chi connectivity index (χ1) is 10.2. The number of ether oxygens (including phenoxy) is 2. The molecule has 0 radical (unpaired) electrons. The average molecular weight is 354 g/mol. The summed E-state index contributed by atoms with van der Waals surface area (Å²) in [6.45, 7) is 1.72. The van der Waals surface area contributed by atoms with Crippen LogP contribution in [-0.2, 0) is 14.3 Å². The molecule has 1 aliphatic rings. The molecule has 0 unspecified atom stereocenters. The number of carbonyl (C=O) groups is 1. The predicted molar refractivity (Wildman–Crippen MR) is 63.6 cm³/mol. The van der Waals surface area contributed by atoms with Crippen molar-refractivity contribution in [3.8, 4) is 0 Å². The van der Waals surface area contributed by atoms with Crippen LogP contribution in [0.1, 0.15) is 13.8 Å². The van der Waals surface area contributed by atoms with Crippen molar-refractivity contribution in [1.29, 1.82) is 0 Å². The van der Waals surface area contributed by atoms with E-state index in [4.69, 9.17) is 4.74 Å². The Kier molecular flexibility index (Phi) is 5.59. The molecule has 0 aliphatic carbocycles. The highest BCUT2D eigenvalue weighted by Gasteiger charge is 2.78. The van der Waals surface area contributed by atoms with E-state index >= 15 is 0 Å². The Morgan fingerprint density at radius 1 is 1.09 bits per heavy atom. The Morgan fingerprint density at radius 3 is 1.91 bits per heavy atom. The first-order valence-electron chi connectivity index (χ1n) is 6.71. The second kappa shape index (κ2) is 6.44. The molecule has 0 aromatic rings. The van der Waals surface area contributed by atoms with E-state index in [9.17, 15) is 36.2 Å². The van der Waals surface area contributed by atoms with E-state index < -0.39 is 36.1 Å². The second-order valence-corrected chi connectivity index (χ2v) is 5.73. The number of aliphatic hydroxyl groups is 1. The number of hydrogen-bond acceptors (Lipinski definition) is 4. The number of hydrogen-bond donors (Lipinski definition) is 2. The predicted octanol–water partition coefficient (Wildman–Crippen LogP) is 0.0790. The Bertz CT molecular complexity index is 414. The number of morpholine rings is 1. The number of esters is 1. The second-order valence-electron chi connectivity index (χ2n) is 5.73. The van der Waals surface area contributed by atoms with Gasteiger partial charge in [0.2, 0.25) is 0 Å². The van der Waals surface area contributed by atoms with Crippen molar-refractivity contribution in [2.45, 2.75) is 37.4 Å². The normalized spacial score (nSPS) is 18.8. The summed E-state index contributed by atoms with van der Waals surface area (Å²) in [4.78, 5) is 12.3. The highest BCUT2D eigenvalue weighted by molar-refractivity contribution is 5.71. The van der Waals surface area contributed by atoms with Crippen molar-refractivity contribution in [2.24, 2.45) is 0 Å². The van der Waals surface area contributed by atoms with Crippen LogP contribution in [0.25, 0.3) is 0 Å². The summed E-state index contributed by atoms with van der Waals surface area (Å²) in [5.74, 6) is -1.26. The summed E-state index contributed by atoms with van der Waals surface area (Å²) in [6.07, 6.45) is -12.1. The number of rotatable bonds is 4. The zero-order valence-electron chi connectivity index (χ0n) is 12.5. The Hall–Kier alpha value is -1.07. The van der Waals surface area contributed by atoms with E-state index in [0.717, 1.165) is 0 Å². The summed E-state index contributed by atoms with van der Waals surface area (Å²) >= 11 is 0. The van der Waals surface area contributed by atoms with Gasteiger partial charge in [-0.3, -0.25) is 0 Å². The minimum Gasteiger partial charge on any atom is -0.452 e. The van der Waals surface area contributed by atoms with Crippen LogP contribution < -0.4 is 4.90 Å². The van der Waals surface area contributed by atoms with Crippen molar-refractivity contribution < 1.29 is 50.6 Å². The van der Waals surface area contributed by atoms with Crippen molar-refractivity contribution >= 4 is 5.97 Å². The van der Waals surface area contributed by atoms with Crippen LogP contribution in [0.3, 0.4) is 0 Å². The summed E-state index contributed by atoms with van der Waals surface area (Å²) in [6, 6.07) is 0. The quantitative estimate of drug-likeness (QED) is 0.555. The van der Waals surface area contributed by atoms with E-state index in [1.54, 1.807) is 0 Å². The van der Waals surface area contributed by atoms with Gasteiger partial charge in [0, 0.05) is 0 Å². The topological polar surface area (TPSA) is 60.2 Å². The third-order valence-electron chi connectivity index (χ3n) is 3.66. The molecule has 0 saturated carbocycles. The van der Waals surface area contributed by atoms with Crippen molar-refractivity contribution in [3.05, 3.63) is 0 Å². The zero-order valence-corrected chi connectivity index (χ0v) is 12.5. The minimum atomic E-state index is -6.07. The molecule has 0 atom stereocenters. The van der Waals surface area contributed by atoms with E-state index in [0.29, 0.717) is 45.1 Å². The van der Waals surface area contributed by atoms with Crippen LogP contribution >= 0.6 is 0 Å². The highest BCUT2D eigenvalue weighted by Crippen LogP contribution is 2.50. The van der Waals surface area contributed by atoms with Crippen LogP contribution in [0, 0.1) is 0 Å². The SMILES string of the molecule is CC(C)(OC(=O)C[NH+]1CCOCC1)C(O)(C(F)(F)F)C(F)(F)F. The fourth-order valence-electron chi connectivity index (χ4n) is 2.28. The van der Waals surface area contributed by atoms with Gasteiger partial charge in [-0.25, -0.2) is 4.79 Å². The molecule has 1 heterocycles. The molecule has 1 fully saturated rings. The molecule has 1 aliphatic heterocycles. The Labute approximate surface area is 128 Å². The summed E-state index contributed by atoms with van der Waals surface area (Å²) in [5.41, 5.74) is -8.42. The summed E-state index contributed by atoms with van der Waals surface area (Å²) in [5, 5.41) is 9.31. The standard InChI is InChI=1S/C12H17F6NO4/c1-9(2,10(21,11(13,14)15)12(16,17)18)23-8(20)7-19-3-5-22-6-4-19/h21H,3-7H2,1-2H3/p+1. The third-order valence-corrected chi connectivity index (χ3v) is 3.66. The Balaban J connectivity index is 2.91. The summed E-state index contributed by atoms with van der Waals surface area (Å²) < 4.78 is 86.3. The molecule has 2 N–H and O–H groups in total. The maximum absolute atomic E-state index is 12.8. The molecular weight excluding hydrogens is 336 g/mol. The molecule has 136 valence electrons. The molecule has 1 rings (SSSR count). The molecule has 1 saturated heterocycles. The fourth-order valence-corrected chi connectivity index (χ4v) is 2.28. The lowest BCUT2D eigenvalue weighted by Gasteiger charge is -2.43. The maximum atomic E-state index is 12.8.